The van der Waals surface area contributed by atoms with Gasteiger partial charge in [-0.1, -0.05) is 5.16 Å². The van der Waals surface area contributed by atoms with Gasteiger partial charge in [-0.2, -0.15) is 0 Å². The molecule has 1 aliphatic rings. The van der Waals surface area contributed by atoms with Crippen LogP contribution in [0.15, 0.2) is 23.6 Å². The number of hydrogen-bond donors (Lipinski definition) is 3. The third kappa shape index (κ3) is 2.55. The second-order valence-corrected chi connectivity index (χ2v) is 4.17. The topological polar surface area (TPSA) is 101 Å². The molecule has 1 saturated carbocycles. The standard InChI is InChI=1S/C11H13FN4O2/c12-8-5-14-4-3-7(8)11(17)15-9(6-1-2-6)10(13)16-18/h3-6,9,18H,1-2H2,(H2,13,16)(H,15,17). The van der Waals surface area contributed by atoms with Gasteiger partial charge in [0.2, 0.25) is 0 Å². The van der Waals surface area contributed by atoms with Gasteiger partial charge < -0.3 is 16.3 Å². The molecule has 6 nitrogen and oxygen atoms in total. The zero-order valence-corrected chi connectivity index (χ0v) is 9.51. The van der Waals surface area contributed by atoms with Crippen LogP contribution in [0.3, 0.4) is 0 Å². The Bertz CT molecular complexity index is 488. The molecule has 1 aromatic rings. The Kier molecular flexibility index (Phi) is 3.40. The predicted octanol–water partition coefficient (Wildman–Crippen LogP) is 0.475. The number of nitrogens with one attached hydrogen (secondary N) is 1. The molecule has 1 heterocycles. The molecule has 2 rings (SSSR count). The molecule has 1 atom stereocenters. The van der Waals surface area contributed by atoms with Gasteiger partial charge in [0.1, 0.15) is 0 Å². The highest BCUT2D eigenvalue weighted by molar-refractivity contribution is 5.98. The number of aromatic nitrogens is 1. The van der Waals surface area contributed by atoms with E-state index in [1.54, 1.807) is 0 Å². The zero-order valence-electron chi connectivity index (χ0n) is 9.51. The van der Waals surface area contributed by atoms with Gasteiger partial charge in [-0.3, -0.25) is 9.78 Å². The van der Waals surface area contributed by atoms with E-state index < -0.39 is 17.8 Å². The summed E-state index contributed by atoms with van der Waals surface area (Å²) in [6, 6.07) is 0.719. The summed E-state index contributed by atoms with van der Waals surface area (Å²) in [6.45, 7) is 0. The van der Waals surface area contributed by atoms with Gasteiger partial charge in [0, 0.05) is 6.20 Å². The molecule has 1 unspecified atom stereocenters. The van der Waals surface area contributed by atoms with E-state index >= 15 is 0 Å². The zero-order chi connectivity index (χ0) is 13.1. The number of hydrogen-bond acceptors (Lipinski definition) is 4. The van der Waals surface area contributed by atoms with Crippen molar-refractivity contribution in [3.63, 3.8) is 0 Å². The van der Waals surface area contributed by atoms with E-state index in [0.29, 0.717) is 0 Å². The fraction of sp³-hybridized carbons (Fsp3) is 0.364. The number of oxime groups is 1. The van der Waals surface area contributed by atoms with E-state index in [9.17, 15) is 9.18 Å². The number of carbonyl (C=O) groups is 1. The lowest BCUT2D eigenvalue weighted by Crippen LogP contribution is -2.46. The molecule has 1 amide bonds. The molecule has 18 heavy (non-hydrogen) atoms. The molecule has 4 N–H and O–H groups in total. The Balaban J connectivity index is 2.12. The maximum Gasteiger partial charge on any atom is 0.254 e. The van der Waals surface area contributed by atoms with E-state index in [2.05, 4.69) is 15.5 Å². The molecule has 0 aliphatic heterocycles. The molecular weight excluding hydrogens is 239 g/mol. The normalized spacial score (nSPS) is 17.3. The highest BCUT2D eigenvalue weighted by Crippen LogP contribution is 2.32. The minimum Gasteiger partial charge on any atom is -0.409 e. The maximum atomic E-state index is 13.4. The second-order valence-electron chi connectivity index (χ2n) is 4.17. The highest BCUT2D eigenvalue weighted by atomic mass is 19.1. The molecule has 96 valence electrons. The summed E-state index contributed by atoms with van der Waals surface area (Å²) < 4.78 is 13.4. The Morgan fingerprint density at radius 2 is 2.39 bits per heavy atom. The van der Waals surface area contributed by atoms with Crippen LogP contribution >= 0.6 is 0 Å². The molecule has 0 bridgehead atoms. The SMILES string of the molecule is NC(=NO)C(NC(=O)c1ccncc1F)C1CC1. The maximum absolute atomic E-state index is 13.4. The highest BCUT2D eigenvalue weighted by Gasteiger charge is 2.35. The van der Waals surface area contributed by atoms with Gasteiger partial charge in [0.15, 0.2) is 11.7 Å². The molecule has 1 fully saturated rings. The third-order valence-electron chi connectivity index (χ3n) is 2.83. The molecule has 0 radical (unpaired) electrons. The summed E-state index contributed by atoms with van der Waals surface area (Å²) in [5, 5.41) is 14.1. The van der Waals surface area contributed by atoms with Crippen molar-refractivity contribution in [1.29, 1.82) is 0 Å². The van der Waals surface area contributed by atoms with Crippen LogP contribution in [0.4, 0.5) is 4.39 Å². The average molecular weight is 252 g/mol. The van der Waals surface area contributed by atoms with Crippen LogP contribution in [0.25, 0.3) is 0 Å². The summed E-state index contributed by atoms with van der Waals surface area (Å²) >= 11 is 0. The minimum atomic E-state index is -0.705. The Labute approximate surface area is 103 Å². The number of halogens is 1. The van der Waals surface area contributed by atoms with Gasteiger partial charge in [0.05, 0.1) is 17.8 Å². The van der Waals surface area contributed by atoms with Gasteiger partial charge in [-0.15, -0.1) is 0 Å². The monoisotopic (exact) mass is 252 g/mol. The van der Waals surface area contributed by atoms with Crippen molar-refractivity contribution in [2.45, 2.75) is 18.9 Å². The van der Waals surface area contributed by atoms with Crippen molar-refractivity contribution in [2.75, 3.05) is 0 Å². The van der Waals surface area contributed by atoms with Gasteiger partial charge >= 0.3 is 0 Å². The van der Waals surface area contributed by atoms with Crippen LogP contribution < -0.4 is 11.1 Å². The van der Waals surface area contributed by atoms with Crippen LogP contribution in [0.5, 0.6) is 0 Å². The fourth-order valence-electron chi connectivity index (χ4n) is 1.70. The summed E-state index contributed by atoms with van der Waals surface area (Å²) in [5.41, 5.74) is 5.39. The van der Waals surface area contributed by atoms with Gasteiger partial charge in [-0.25, -0.2) is 4.39 Å². The van der Waals surface area contributed by atoms with Crippen LogP contribution in [0.2, 0.25) is 0 Å². The molecule has 0 saturated heterocycles. The lowest BCUT2D eigenvalue weighted by Gasteiger charge is -2.16. The second kappa shape index (κ2) is 4.99. The smallest absolute Gasteiger partial charge is 0.254 e. The van der Waals surface area contributed by atoms with E-state index in [-0.39, 0.29) is 17.3 Å². The number of nitrogens with two attached hydrogens (primary N) is 1. The van der Waals surface area contributed by atoms with E-state index in [1.165, 1.54) is 12.3 Å². The third-order valence-corrected chi connectivity index (χ3v) is 2.83. The first-order valence-electron chi connectivity index (χ1n) is 5.51. The van der Waals surface area contributed by atoms with Crippen molar-refractivity contribution < 1.29 is 14.4 Å². The van der Waals surface area contributed by atoms with Crippen LogP contribution in [-0.4, -0.2) is 28.0 Å². The largest absolute Gasteiger partial charge is 0.409 e. The Hall–Kier alpha value is -2.18. The molecular formula is C11H13FN4O2. The summed E-state index contributed by atoms with van der Waals surface area (Å²) in [5.74, 6) is -1.22. The molecule has 7 heteroatoms. The lowest BCUT2D eigenvalue weighted by molar-refractivity contribution is 0.0938. The summed E-state index contributed by atoms with van der Waals surface area (Å²) in [6.07, 6.45) is 4.07. The number of rotatable bonds is 4. The number of amidine groups is 1. The average Bonchev–Trinajstić information content (AvgIpc) is 3.19. The van der Waals surface area contributed by atoms with Crippen molar-refractivity contribution in [3.8, 4) is 0 Å². The first kappa shape index (κ1) is 12.3. The van der Waals surface area contributed by atoms with E-state index in [1.807, 2.05) is 0 Å². The first-order valence-corrected chi connectivity index (χ1v) is 5.51. The fourth-order valence-corrected chi connectivity index (χ4v) is 1.70. The number of carbonyl (C=O) groups excluding carboxylic acids is 1. The number of pyridine rings is 1. The van der Waals surface area contributed by atoms with E-state index in [0.717, 1.165) is 19.0 Å². The van der Waals surface area contributed by atoms with Gasteiger partial charge in [0.25, 0.3) is 5.91 Å². The van der Waals surface area contributed by atoms with Crippen LogP contribution in [-0.2, 0) is 0 Å². The van der Waals surface area contributed by atoms with Crippen molar-refractivity contribution >= 4 is 11.7 Å². The van der Waals surface area contributed by atoms with E-state index in [4.69, 9.17) is 10.9 Å². The molecule has 1 aliphatic carbocycles. The summed E-state index contributed by atoms with van der Waals surface area (Å²) in [4.78, 5) is 15.4. The van der Waals surface area contributed by atoms with Gasteiger partial charge in [-0.05, 0) is 24.8 Å². The Morgan fingerprint density at radius 3 is 2.94 bits per heavy atom. The minimum absolute atomic E-state index is 0.0692. The first-order chi connectivity index (χ1) is 8.63. The van der Waals surface area contributed by atoms with Crippen molar-refractivity contribution in [3.05, 3.63) is 29.8 Å². The molecule has 1 aromatic heterocycles. The molecule has 0 aromatic carbocycles. The van der Waals surface area contributed by atoms with Crippen LogP contribution in [0, 0.1) is 11.7 Å². The molecule has 0 spiro atoms. The number of nitrogens with zero attached hydrogens (tertiary/aromatic N) is 2. The predicted molar refractivity (Wildman–Crippen MR) is 61.6 cm³/mol. The number of amides is 1. The van der Waals surface area contributed by atoms with Crippen LogP contribution in [0.1, 0.15) is 23.2 Å². The van der Waals surface area contributed by atoms with Crippen molar-refractivity contribution in [2.24, 2.45) is 16.8 Å². The lowest BCUT2D eigenvalue weighted by atomic mass is 10.1. The van der Waals surface area contributed by atoms with Crippen molar-refractivity contribution in [1.82, 2.24) is 10.3 Å². The summed E-state index contributed by atoms with van der Waals surface area (Å²) in [7, 11) is 0. The Morgan fingerprint density at radius 1 is 1.67 bits per heavy atom. The quantitative estimate of drug-likeness (QED) is 0.314.